The quantitative estimate of drug-likeness (QED) is 0.746. The van der Waals surface area contributed by atoms with Crippen LogP contribution in [0, 0.1) is 5.82 Å². The molecule has 1 atom stereocenters. The third kappa shape index (κ3) is 3.03. The van der Waals surface area contributed by atoms with Crippen molar-refractivity contribution in [2.24, 2.45) is 5.73 Å². The maximum atomic E-state index is 13.1. The molecule has 0 aromatic heterocycles. The Hall–Kier alpha value is -2.55. The van der Waals surface area contributed by atoms with Crippen molar-refractivity contribution in [2.75, 3.05) is 7.05 Å². The van der Waals surface area contributed by atoms with Gasteiger partial charge < -0.3 is 5.73 Å². The molecule has 1 aromatic rings. The summed E-state index contributed by atoms with van der Waals surface area (Å²) in [5, 5.41) is 1.12. The minimum Gasteiger partial charge on any atom is -0.370 e. The van der Waals surface area contributed by atoms with Gasteiger partial charge in [0, 0.05) is 12.6 Å². The number of likely N-dealkylation sites (N-methyl/N-ethyl adjacent to an activating group) is 1. The van der Waals surface area contributed by atoms with Crippen LogP contribution in [0.4, 0.5) is 4.39 Å². The molecule has 1 aromatic carbocycles. The number of carbonyl (C=O) groups is 3. The fraction of sp³-hybridized carbons (Fsp3) is 0.231. The second kappa shape index (κ2) is 6.06. The van der Waals surface area contributed by atoms with E-state index in [0.717, 1.165) is 16.0 Å². The summed E-state index contributed by atoms with van der Waals surface area (Å²) in [6.07, 6.45) is -0.299. The lowest BCUT2D eigenvalue weighted by Gasteiger charge is -2.23. The average molecular weight is 324 g/mol. The topological polar surface area (TPSA) is 95.7 Å². The summed E-state index contributed by atoms with van der Waals surface area (Å²) in [5.74, 6) is -2.39. The second-order valence-electron chi connectivity index (χ2n) is 4.69. The number of hydrazine groups is 1. The summed E-state index contributed by atoms with van der Waals surface area (Å²) >= 11 is 5.05. The number of hydrogen-bond acceptors (Lipinski definition) is 4. The standard InChI is InChI=1S/C13H13FN4O3S/c1-17-12(21)9(6-10(15)19)18(13(17)22)16-11(20)7-3-2-4-8(14)5-7/h2-5,9H,6H2,1H3,(H2,15,19)(H,16,20). The van der Waals surface area contributed by atoms with E-state index in [-0.39, 0.29) is 17.1 Å². The van der Waals surface area contributed by atoms with Gasteiger partial charge in [-0.25, -0.2) is 9.40 Å². The highest BCUT2D eigenvalue weighted by Crippen LogP contribution is 2.17. The number of thiocarbonyl (C=S) groups is 1. The maximum Gasteiger partial charge on any atom is 0.269 e. The van der Waals surface area contributed by atoms with Crippen molar-refractivity contribution in [1.82, 2.24) is 15.3 Å². The van der Waals surface area contributed by atoms with Crippen molar-refractivity contribution in [2.45, 2.75) is 12.5 Å². The van der Waals surface area contributed by atoms with Gasteiger partial charge in [0.15, 0.2) is 5.11 Å². The zero-order valence-corrected chi connectivity index (χ0v) is 12.4. The van der Waals surface area contributed by atoms with Gasteiger partial charge in [-0.05, 0) is 30.4 Å². The van der Waals surface area contributed by atoms with Crippen molar-refractivity contribution in [3.05, 3.63) is 35.6 Å². The van der Waals surface area contributed by atoms with Gasteiger partial charge in [0.1, 0.15) is 11.9 Å². The Morgan fingerprint density at radius 1 is 1.45 bits per heavy atom. The van der Waals surface area contributed by atoms with E-state index in [1.165, 1.54) is 25.2 Å². The van der Waals surface area contributed by atoms with E-state index in [4.69, 9.17) is 18.0 Å². The predicted molar refractivity (Wildman–Crippen MR) is 78.7 cm³/mol. The average Bonchev–Trinajstić information content (AvgIpc) is 2.65. The van der Waals surface area contributed by atoms with Crippen molar-refractivity contribution in [1.29, 1.82) is 0 Å². The Kier molecular flexibility index (Phi) is 4.36. The van der Waals surface area contributed by atoms with E-state index in [9.17, 15) is 18.8 Å². The summed E-state index contributed by atoms with van der Waals surface area (Å²) < 4.78 is 13.1. The summed E-state index contributed by atoms with van der Waals surface area (Å²) in [5.41, 5.74) is 7.57. The van der Waals surface area contributed by atoms with Gasteiger partial charge in [-0.15, -0.1) is 0 Å². The highest BCUT2D eigenvalue weighted by atomic mass is 32.1. The second-order valence-corrected chi connectivity index (χ2v) is 5.05. The minimum absolute atomic E-state index is 0.0287. The number of benzene rings is 1. The molecule has 0 radical (unpaired) electrons. The molecule has 1 saturated heterocycles. The van der Waals surface area contributed by atoms with E-state index in [1.807, 2.05) is 0 Å². The first-order chi connectivity index (χ1) is 10.3. The van der Waals surface area contributed by atoms with E-state index in [1.54, 1.807) is 0 Å². The molecule has 3 N–H and O–H groups in total. The zero-order valence-electron chi connectivity index (χ0n) is 11.6. The molecule has 9 heteroatoms. The summed E-state index contributed by atoms with van der Waals surface area (Å²) in [6.45, 7) is 0. The van der Waals surface area contributed by atoms with Gasteiger partial charge in [0.05, 0.1) is 6.42 Å². The summed E-state index contributed by atoms with van der Waals surface area (Å²) in [6, 6.07) is 4.03. The maximum absolute atomic E-state index is 13.1. The fourth-order valence-electron chi connectivity index (χ4n) is 2.02. The van der Waals surface area contributed by atoms with E-state index < -0.39 is 29.6 Å². The van der Waals surface area contributed by atoms with Crippen LogP contribution in [0.15, 0.2) is 24.3 Å². The van der Waals surface area contributed by atoms with Crippen molar-refractivity contribution >= 4 is 35.1 Å². The number of hydrogen-bond donors (Lipinski definition) is 2. The number of primary amides is 1. The van der Waals surface area contributed by atoms with E-state index >= 15 is 0 Å². The number of rotatable bonds is 4. The molecule has 1 heterocycles. The normalized spacial score (nSPS) is 17.8. The molecule has 2 rings (SSSR count). The van der Waals surface area contributed by atoms with Gasteiger partial charge >= 0.3 is 0 Å². The highest BCUT2D eigenvalue weighted by Gasteiger charge is 2.42. The van der Waals surface area contributed by atoms with Crippen molar-refractivity contribution in [3.63, 3.8) is 0 Å². The molecule has 1 aliphatic heterocycles. The highest BCUT2D eigenvalue weighted by molar-refractivity contribution is 7.80. The molecule has 3 amide bonds. The zero-order chi connectivity index (χ0) is 16.4. The molecule has 1 aliphatic rings. The molecule has 22 heavy (non-hydrogen) atoms. The number of carbonyl (C=O) groups excluding carboxylic acids is 3. The lowest BCUT2D eigenvalue weighted by atomic mass is 10.2. The monoisotopic (exact) mass is 324 g/mol. The van der Waals surface area contributed by atoms with Crippen LogP contribution in [-0.2, 0) is 9.59 Å². The van der Waals surface area contributed by atoms with Crippen LogP contribution in [0.5, 0.6) is 0 Å². The Labute approximate surface area is 130 Å². The molecule has 7 nitrogen and oxygen atoms in total. The molecule has 116 valence electrons. The SMILES string of the molecule is CN1C(=O)C(CC(N)=O)N(NC(=O)c2cccc(F)c2)C1=S. The Bertz CT molecular complexity index is 666. The number of amides is 3. The van der Waals surface area contributed by atoms with Crippen molar-refractivity contribution < 1.29 is 18.8 Å². The molecule has 0 aliphatic carbocycles. The minimum atomic E-state index is -1.01. The lowest BCUT2D eigenvalue weighted by Crippen LogP contribution is -2.49. The van der Waals surface area contributed by atoms with Crippen LogP contribution in [0.3, 0.4) is 0 Å². The van der Waals surface area contributed by atoms with Crippen LogP contribution in [0.1, 0.15) is 16.8 Å². The van der Waals surface area contributed by atoms with Gasteiger partial charge in [-0.1, -0.05) is 6.07 Å². The third-order valence-corrected chi connectivity index (χ3v) is 3.59. The summed E-state index contributed by atoms with van der Waals surface area (Å²) in [4.78, 5) is 36.3. The first-order valence-electron chi connectivity index (χ1n) is 6.27. The smallest absolute Gasteiger partial charge is 0.269 e. The first kappa shape index (κ1) is 15.8. The number of nitrogens with two attached hydrogens (primary N) is 1. The molecular formula is C13H13FN4O3S. The molecule has 0 bridgehead atoms. The number of nitrogens with one attached hydrogen (secondary N) is 1. The fourth-order valence-corrected chi connectivity index (χ4v) is 2.28. The van der Waals surface area contributed by atoms with Crippen LogP contribution in [-0.4, -0.2) is 45.8 Å². The summed E-state index contributed by atoms with van der Waals surface area (Å²) in [7, 11) is 1.42. The van der Waals surface area contributed by atoms with Crippen LogP contribution in [0.2, 0.25) is 0 Å². The molecule has 1 unspecified atom stereocenters. The first-order valence-corrected chi connectivity index (χ1v) is 6.67. The van der Waals surface area contributed by atoms with E-state index in [2.05, 4.69) is 5.43 Å². The third-order valence-electron chi connectivity index (χ3n) is 3.12. The number of halogens is 1. The Balaban J connectivity index is 2.21. The molecular weight excluding hydrogens is 311 g/mol. The lowest BCUT2D eigenvalue weighted by molar-refractivity contribution is -0.130. The number of nitrogens with zero attached hydrogens (tertiary/aromatic N) is 2. The van der Waals surface area contributed by atoms with Gasteiger partial charge in [-0.2, -0.15) is 0 Å². The largest absolute Gasteiger partial charge is 0.370 e. The molecule has 0 saturated carbocycles. The van der Waals surface area contributed by atoms with Gasteiger partial charge in [-0.3, -0.25) is 24.7 Å². The van der Waals surface area contributed by atoms with Crippen molar-refractivity contribution in [3.8, 4) is 0 Å². The molecule has 1 fully saturated rings. The van der Waals surface area contributed by atoms with E-state index in [0.29, 0.717) is 0 Å². The van der Waals surface area contributed by atoms with Gasteiger partial charge in [0.2, 0.25) is 5.91 Å². The Morgan fingerprint density at radius 3 is 2.73 bits per heavy atom. The predicted octanol–water partition coefficient (Wildman–Crippen LogP) is -0.227. The van der Waals surface area contributed by atoms with Crippen LogP contribution >= 0.6 is 12.2 Å². The van der Waals surface area contributed by atoms with Crippen LogP contribution in [0.25, 0.3) is 0 Å². The Morgan fingerprint density at radius 2 is 2.14 bits per heavy atom. The molecule has 0 spiro atoms. The van der Waals surface area contributed by atoms with Gasteiger partial charge in [0.25, 0.3) is 11.8 Å². The van der Waals surface area contributed by atoms with Crippen LogP contribution < -0.4 is 11.2 Å².